The van der Waals surface area contributed by atoms with E-state index >= 15 is 0 Å². The van der Waals surface area contributed by atoms with Crippen LogP contribution in [0, 0.1) is 0 Å². The molecular formula is C26H24N6O2. The molecule has 6 rings (SSSR count). The number of aliphatic imine (C=N–C) groups is 1. The molecule has 8 nitrogen and oxygen atoms in total. The van der Waals surface area contributed by atoms with Crippen molar-refractivity contribution in [2.45, 2.75) is 25.5 Å². The Morgan fingerprint density at radius 1 is 1.09 bits per heavy atom. The second-order valence-corrected chi connectivity index (χ2v) is 8.74. The standard InChI is InChI=1S/C26H24N6O2/c33-22-7-10-31(11-8-22)26(34)17-3-5-21(6-4-17)29-24-25-28-9-12-32(25)16-23(30-24)18-1-2-19-14-27-15-20(19)13-18/h1-6,9,12-14,16,22,33H,7-8,10-11,15H2,(H,29,30). The van der Waals surface area contributed by atoms with Crippen molar-refractivity contribution >= 4 is 29.3 Å². The summed E-state index contributed by atoms with van der Waals surface area (Å²) >= 11 is 0. The van der Waals surface area contributed by atoms with Crippen molar-refractivity contribution in [1.82, 2.24) is 19.3 Å². The fraction of sp³-hybridized carbons (Fsp3) is 0.231. The summed E-state index contributed by atoms with van der Waals surface area (Å²) in [7, 11) is 0. The normalized spacial score (nSPS) is 15.6. The van der Waals surface area contributed by atoms with Crippen molar-refractivity contribution in [1.29, 1.82) is 0 Å². The number of nitrogens with zero attached hydrogens (tertiary/aromatic N) is 5. The molecule has 2 N–H and O–H groups in total. The van der Waals surface area contributed by atoms with Crippen molar-refractivity contribution in [3.63, 3.8) is 0 Å². The number of carbonyl (C=O) groups is 1. The minimum Gasteiger partial charge on any atom is -0.393 e. The molecule has 0 spiro atoms. The molecule has 0 radical (unpaired) electrons. The molecule has 0 aliphatic carbocycles. The Morgan fingerprint density at radius 3 is 2.74 bits per heavy atom. The molecule has 1 saturated heterocycles. The predicted molar refractivity (Wildman–Crippen MR) is 131 cm³/mol. The van der Waals surface area contributed by atoms with Gasteiger partial charge in [0.05, 0.1) is 18.3 Å². The molecule has 34 heavy (non-hydrogen) atoms. The summed E-state index contributed by atoms with van der Waals surface area (Å²) in [5.74, 6) is 0.637. The first kappa shape index (κ1) is 20.6. The number of benzene rings is 2. The van der Waals surface area contributed by atoms with E-state index in [2.05, 4.69) is 33.5 Å². The van der Waals surface area contributed by atoms with E-state index in [1.807, 2.05) is 47.3 Å². The van der Waals surface area contributed by atoms with Gasteiger partial charge in [-0.05, 0) is 54.3 Å². The van der Waals surface area contributed by atoms with Gasteiger partial charge in [0.15, 0.2) is 11.5 Å². The molecule has 0 bridgehead atoms. The highest BCUT2D eigenvalue weighted by molar-refractivity contribution is 5.94. The van der Waals surface area contributed by atoms with Gasteiger partial charge in [-0.3, -0.25) is 9.79 Å². The molecule has 2 aliphatic rings. The summed E-state index contributed by atoms with van der Waals surface area (Å²) in [6, 6.07) is 13.7. The highest BCUT2D eigenvalue weighted by atomic mass is 16.3. The van der Waals surface area contributed by atoms with E-state index in [0.29, 0.717) is 43.9 Å². The topological polar surface area (TPSA) is 95.1 Å². The lowest BCUT2D eigenvalue weighted by molar-refractivity contribution is 0.0546. The van der Waals surface area contributed by atoms with Crippen molar-refractivity contribution in [2.24, 2.45) is 4.99 Å². The highest BCUT2D eigenvalue weighted by Gasteiger charge is 2.22. The maximum Gasteiger partial charge on any atom is 0.253 e. The van der Waals surface area contributed by atoms with Crippen LogP contribution in [0.25, 0.3) is 16.9 Å². The quantitative estimate of drug-likeness (QED) is 0.493. The Bertz CT molecular complexity index is 1400. The Labute approximate surface area is 196 Å². The molecule has 2 aliphatic heterocycles. The number of aromatic nitrogens is 3. The molecule has 0 saturated carbocycles. The first-order chi connectivity index (χ1) is 16.6. The maximum atomic E-state index is 12.8. The second kappa shape index (κ2) is 8.39. The number of fused-ring (bicyclic) bond motifs is 2. The van der Waals surface area contributed by atoms with E-state index in [0.717, 1.165) is 28.2 Å². The number of hydrogen-bond donors (Lipinski definition) is 2. The number of likely N-dealkylation sites (tertiary alicyclic amines) is 1. The average Bonchev–Trinajstić information content (AvgIpc) is 3.53. The van der Waals surface area contributed by atoms with E-state index in [4.69, 9.17) is 4.98 Å². The molecule has 1 fully saturated rings. The number of hydrogen-bond acceptors (Lipinski definition) is 6. The SMILES string of the molecule is O=C(c1ccc(Nc2nc(-c3ccc4c(c3)CN=C4)cn3ccnc23)cc1)N1CCC(O)CC1. The summed E-state index contributed by atoms with van der Waals surface area (Å²) in [4.78, 5) is 28.3. The van der Waals surface area contributed by atoms with Crippen LogP contribution in [0.5, 0.6) is 0 Å². The summed E-state index contributed by atoms with van der Waals surface area (Å²) in [5.41, 5.74) is 6.39. The van der Waals surface area contributed by atoms with Crippen LogP contribution < -0.4 is 5.32 Å². The third kappa shape index (κ3) is 3.82. The minimum atomic E-state index is -0.302. The van der Waals surface area contributed by atoms with Crippen molar-refractivity contribution in [2.75, 3.05) is 18.4 Å². The van der Waals surface area contributed by atoms with Gasteiger partial charge >= 0.3 is 0 Å². The second-order valence-electron chi connectivity index (χ2n) is 8.74. The summed E-state index contributed by atoms with van der Waals surface area (Å²) in [6.45, 7) is 1.87. The number of carbonyl (C=O) groups excluding carboxylic acids is 1. The number of imidazole rings is 1. The van der Waals surface area contributed by atoms with Crippen molar-refractivity contribution in [3.05, 3.63) is 77.7 Å². The summed E-state index contributed by atoms with van der Waals surface area (Å²) in [5, 5.41) is 13.1. The molecule has 1 amide bonds. The number of anilines is 2. The van der Waals surface area contributed by atoms with Crippen molar-refractivity contribution < 1.29 is 9.90 Å². The molecule has 8 heteroatoms. The number of nitrogens with one attached hydrogen (secondary N) is 1. The van der Waals surface area contributed by atoms with Crippen LogP contribution in [0.2, 0.25) is 0 Å². The first-order valence-corrected chi connectivity index (χ1v) is 11.5. The highest BCUT2D eigenvalue weighted by Crippen LogP contribution is 2.27. The van der Waals surface area contributed by atoms with Gasteiger partial charge in [0.1, 0.15) is 0 Å². The van der Waals surface area contributed by atoms with Crippen LogP contribution in [-0.4, -0.2) is 55.7 Å². The van der Waals surface area contributed by atoms with E-state index in [-0.39, 0.29) is 12.0 Å². The summed E-state index contributed by atoms with van der Waals surface area (Å²) < 4.78 is 1.96. The Hall–Kier alpha value is -4.04. The Morgan fingerprint density at radius 2 is 1.91 bits per heavy atom. The molecule has 2 aromatic heterocycles. The number of aliphatic hydroxyl groups is 1. The average molecular weight is 453 g/mol. The van der Waals surface area contributed by atoms with E-state index in [9.17, 15) is 9.90 Å². The number of aliphatic hydroxyl groups excluding tert-OH is 1. The lowest BCUT2D eigenvalue weighted by Gasteiger charge is -2.29. The van der Waals surface area contributed by atoms with E-state index in [1.54, 1.807) is 11.1 Å². The van der Waals surface area contributed by atoms with Gasteiger partial charge in [-0.1, -0.05) is 12.1 Å². The smallest absolute Gasteiger partial charge is 0.253 e. The molecule has 4 aromatic rings. The fourth-order valence-corrected chi connectivity index (χ4v) is 4.51. The molecule has 0 atom stereocenters. The fourth-order valence-electron chi connectivity index (χ4n) is 4.51. The zero-order chi connectivity index (χ0) is 23.1. The number of rotatable bonds is 4. The van der Waals surface area contributed by atoms with E-state index in [1.165, 1.54) is 5.56 Å². The monoisotopic (exact) mass is 452 g/mol. The minimum absolute atomic E-state index is 0.00481. The van der Waals surface area contributed by atoms with Crippen LogP contribution in [0.4, 0.5) is 11.5 Å². The molecule has 0 unspecified atom stereocenters. The molecular weight excluding hydrogens is 428 g/mol. The third-order valence-corrected chi connectivity index (χ3v) is 6.45. The van der Waals surface area contributed by atoms with Crippen LogP contribution in [0.3, 0.4) is 0 Å². The van der Waals surface area contributed by atoms with Gasteiger partial charge in [0, 0.05) is 54.7 Å². The largest absolute Gasteiger partial charge is 0.393 e. The Kier molecular flexibility index (Phi) is 5.07. The van der Waals surface area contributed by atoms with Gasteiger partial charge in [0.2, 0.25) is 0 Å². The van der Waals surface area contributed by atoms with Gasteiger partial charge < -0.3 is 19.7 Å². The third-order valence-electron chi connectivity index (χ3n) is 6.45. The lowest BCUT2D eigenvalue weighted by atomic mass is 10.0. The van der Waals surface area contributed by atoms with Crippen LogP contribution in [-0.2, 0) is 6.54 Å². The van der Waals surface area contributed by atoms with Crippen LogP contribution in [0.1, 0.15) is 34.3 Å². The zero-order valence-corrected chi connectivity index (χ0v) is 18.6. The van der Waals surface area contributed by atoms with Gasteiger partial charge in [0.25, 0.3) is 5.91 Å². The molecule has 4 heterocycles. The molecule has 2 aromatic carbocycles. The number of amides is 1. The van der Waals surface area contributed by atoms with Gasteiger partial charge in [-0.25, -0.2) is 9.97 Å². The predicted octanol–water partition coefficient (Wildman–Crippen LogP) is 3.67. The molecule has 170 valence electrons. The van der Waals surface area contributed by atoms with Crippen LogP contribution >= 0.6 is 0 Å². The maximum absolute atomic E-state index is 12.8. The lowest BCUT2D eigenvalue weighted by Crippen LogP contribution is -2.40. The van der Waals surface area contributed by atoms with E-state index < -0.39 is 0 Å². The van der Waals surface area contributed by atoms with Crippen LogP contribution in [0.15, 0.2) is 66.0 Å². The van der Waals surface area contributed by atoms with Gasteiger partial charge in [-0.2, -0.15) is 0 Å². The Balaban J connectivity index is 1.26. The van der Waals surface area contributed by atoms with Crippen molar-refractivity contribution in [3.8, 4) is 11.3 Å². The van der Waals surface area contributed by atoms with Gasteiger partial charge in [-0.15, -0.1) is 0 Å². The first-order valence-electron chi connectivity index (χ1n) is 11.5. The number of piperidine rings is 1. The zero-order valence-electron chi connectivity index (χ0n) is 18.6. The summed E-state index contributed by atoms with van der Waals surface area (Å²) in [6.07, 6.45) is 8.49.